The Balaban J connectivity index is 2.11. The molecule has 0 unspecified atom stereocenters. The molecule has 1 fully saturated rings. The van der Waals surface area contributed by atoms with E-state index in [4.69, 9.17) is 0 Å². The van der Waals surface area contributed by atoms with E-state index in [2.05, 4.69) is 15.9 Å². The summed E-state index contributed by atoms with van der Waals surface area (Å²) in [5.74, 6) is 0.134. The van der Waals surface area contributed by atoms with Crippen molar-refractivity contribution in [1.29, 1.82) is 0 Å². The Morgan fingerprint density at radius 2 is 1.90 bits per heavy atom. The lowest BCUT2D eigenvalue weighted by Gasteiger charge is -2.33. The van der Waals surface area contributed by atoms with E-state index >= 15 is 0 Å². The van der Waals surface area contributed by atoms with Crippen LogP contribution in [0.3, 0.4) is 0 Å². The van der Waals surface area contributed by atoms with Crippen LogP contribution in [-0.4, -0.2) is 56.0 Å². The van der Waals surface area contributed by atoms with E-state index in [1.807, 2.05) is 24.3 Å². The van der Waals surface area contributed by atoms with E-state index in [1.165, 1.54) is 0 Å². The fourth-order valence-corrected chi connectivity index (χ4v) is 4.54. The fraction of sp³-hybridized carbons (Fsp3) is 0.500. The van der Waals surface area contributed by atoms with Crippen molar-refractivity contribution in [3.05, 3.63) is 34.3 Å². The lowest BCUT2D eigenvalue weighted by atomic mass is 10.1. The molecule has 1 aromatic rings. The second-order valence-corrected chi connectivity index (χ2v) is 8.59. The Morgan fingerprint density at radius 3 is 2.38 bits per heavy atom. The number of benzene rings is 1. The quantitative estimate of drug-likeness (QED) is 0.749. The first-order valence-corrected chi connectivity index (χ1v) is 9.34. The zero-order valence-electron chi connectivity index (χ0n) is 12.1. The van der Waals surface area contributed by atoms with Gasteiger partial charge in [0.1, 0.15) is 0 Å². The first-order chi connectivity index (χ1) is 9.78. The highest BCUT2D eigenvalue weighted by molar-refractivity contribution is 9.10. The number of halogens is 1. The number of carbonyl (C=O) groups excluding carboxylic acids is 1. The molecular weight excluding hydrogens is 356 g/mol. The molecule has 7 heteroatoms. The van der Waals surface area contributed by atoms with Crippen LogP contribution >= 0.6 is 15.9 Å². The minimum atomic E-state index is -3.01. The highest BCUT2D eigenvalue weighted by Gasteiger charge is 2.35. The lowest BCUT2D eigenvalue weighted by molar-refractivity contribution is -0.148. The SMILES string of the molecule is CN(C)N(C(=O)Cc1ccc(Br)cc1)[C@H]1CCS(=O)(=O)C1. The number of nitrogens with zero attached hydrogens (tertiary/aromatic N) is 2. The average Bonchev–Trinajstić information content (AvgIpc) is 2.72. The van der Waals surface area contributed by atoms with Gasteiger partial charge in [-0.2, -0.15) is 0 Å². The fourth-order valence-electron chi connectivity index (χ4n) is 2.58. The summed E-state index contributed by atoms with van der Waals surface area (Å²) in [7, 11) is 0.524. The summed E-state index contributed by atoms with van der Waals surface area (Å²) in [5, 5.41) is 3.26. The number of hydrazine groups is 1. The number of hydrogen-bond donors (Lipinski definition) is 0. The molecule has 0 bridgehead atoms. The van der Waals surface area contributed by atoms with Crippen molar-refractivity contribution in [3.8, 4) is 0 Å². The summed E-state index contributed by atoms with van der Waals surface area (Å²) in [6.45, 7) is 0. The van der Waals surface area contributed by atoms with Crippen LogP contribution in [0.25, 0.3) is 0 Å². The molecule has 0 N–H and O–H groups in total. The third kappa shape index (κ3) is 4.28. The van der Waals surface area contributed by atoms with Crippen LogP contribution in [0.15, 0.2) is 28.7 Å². The van der Waals surface area contributed by atoms with E-state index in [0.29, 0.717) is 6.42 Å². The van der Waals surface area contributed by atoms with Crippen molar-refractivity contribution in [2.45, 2.75) is 18.9 Å². The zero-order valence-corrected chi connectivity index (χ0v) is 14.5. The third-order valence-electron chi connectivity index (χ3n) is 3.51. The highest BCUT2D eigenvalue weighted by atomic mass is 79.9. The molecule has 1 heterocycles. The zero-order chi connectivity index (χ0) is 15.6. The van der Waals surface area contributed by atoms with Crippen LogP contribution in [0.5, 0.6) is 0 Å². The predicted octanol–water partition coefficient (Wildman–Crippen LogP) is 1.48. The Morgan fingerprint density at radius 1 is 1.29 bits per heavy atom. The molecule has 1 saturated heterocycles. The van der Waals surface area contributed by atoms with Crippen molar-refractivity contribution in [2.24, 2.45) is 0 Å². The second-order valence-electron chi connectivity index (χ2n) is 5.45. The third-order valence-corrected chi connectivity index (χ3v) is 5.79. The standard InChI is InChI=1S/C14H19BrN2O3S/c1-16(2)17(13-7-8-21(19,20)10-13)14(18)9-11-3-5-12(15)6-4-11/h3-6,13H,7-10H2,1-2H3/t13-/m0/s1. The molecule has 1 aliphatic heterocycles. The molecule has 0 saturated carbocycles. The van der Waals surface area contributed by atoms with Crippen molar-refractivity contribution in [2.75, 3.05) is 25.6 Å². The van der Waals surface area contributed by atoms with Gasteiger partial charge in [0.05, 0.1) is 24.0 Å². The van der Waals surface area contributed by atoms with Gasteiger partial charge in [0.2, 0.25) is 5.91 Å². The van der Waals surface area contributed by atoms with Gasteiger partial charge in [-0.1, -0.05) is 28.1 Å². The van der Waals surface area contributed by atoms with Gasteiger partial charge in [0.15, 0.2) is 9.84 Å². The molecule has 0 spiro atoms. The van der Waals surface area contributed by atoms with Crippen LogP contribution < -0.4 is 0 Å². The summed E-state index contributed by atoms with van der Waals surface area (Å²) in [6.07, 6.45) is 0.772. The number of carbonyl (C=O) groups is 1. The maximum Gasteiger partial charge on any atom is 0.241 e. The monoisotopic (exact) mass is 374 g/mol. The average molecular weight is 375 g/mol. The number of hydrogen-bond acceptors (Lipinski definition) is 4. The molecule has 2 rings (SSSR count). The van der Waals surface area contributed by atoms with Crippen LogP contribution in [0.1, 0.15) is 12.0 Å². The van der Waals surface area contributed by atoms with E-state index in [9.17, 15) is 13.2 Å². The van der Waals surface area contributed by atoms with Crippen molar-refractivity contribution >= 4 is 31.7 Å². The minimum absolute atomic E-state index is 0.0528. The van der Waals surface area contributed by atoms with E-state index in [1.54, 1.807) is 24.1 Å². The van der Waals surface area contributed by atoms with Crippen molar-refractivity contribution in [1.82, 2.24) is 10.0 Å². The molecule has 116 valence electrons. The largest absolute Gasteiger partial charge is 0.273 e. The summed E-state index contributed by atoms with van der Waals surface area (Å²) in [6, 6.07) is 7.31. The van der Waals surface area contributed by atoms with Crippen LogP contribution in [0, 0.1) is 0 Å². The molecular formula is C14H19BrN2O3S. The summed E-state index contributed by atoms with van der Waals surface area (Å²) >= 11 is 3.36. The van der Waals surface area contributed by atoms with Gasteiger partial charge in [-0.15, -0.1) is 0 Å². The van der Waals surface area contributed by atoms with Crippen LogP contribution in [0.4, 0.5) is 0 Å². The van der Waals surface area contributed by atoms with E-state index < -0.39 is 9.84 Å². The first kappa shape index (κ1) is 16.5. The van der Waals surface area contributed by atoms with Gasteiger partial charge in [0.25, 0.3) is 0 Å². The second kappa shape index (κ2) is 6.46. The lowest BCUT2D eigenvalue weighted by Crippen LogP contribution is -2.49. The van der Waals surface area contributed by atoms with E-state index in [-0.39, 0.29) is 29.9 Å². The number of rotatable bonds is 4. The van der Waals surface area contributed by atoms with Crippen molar-refractivity contribution < 1.29 is 13.2 Å². The summed E-state index contributed by atoms with van der Waals surface area (Å²) in [5.41, 5.74) is 0.913. The predicted molar refractivity (Wildman–Crippen MR) is 85.4 cm³/mol. The molecule has 21 heavy (non-hydrogen) atoms. The van der Waals surface area contributed by atoms with Gasteiger partial charge in [-0.25, -0.2) is 13.4 Å². The Bertz CT molecular complexity index is 614. The molecule has 0 aliphatic carbocycles. The molecule has 1 aromatic carbocycles. The molecule has 1 aliphatic rings. The van der Waals surface area contributed by atoms with Gasteiger partial charge >= 0.3 is 0 Å². The van der Waals surface area contributed by atoms with Crippen LogP contribution in [0.2, 0.25) is 0 Å². The van der Waals surface area contributed by atoms with Crippen LogP contribution in [-0.2, 0) is 21.1 Å². The molecule has 0 radical (unpaired) electrons. The highest BCUT2D eigenvalue weighted by Crippen LogP contribution is 2.20. The number of sulfone groups is 1. The maximum atomic E-state index is 12.5. The first-order valence-electron chi connectivity index (χ1n) is 6.72. The Labute approximate surface area is 133 Å². The van der Waals surface area contributed by atoms with E-state index in [0.717, 1.165) is 10.0 Å². The van der Waals surface area contributed by atoms with Crippen molar-refractivity contribution in [3.63, 3.8) is 0 Å². The molecule has 0 aromatic heterocycles. The van der Waals surface area contributed by atoms with Gasteiger partial charge < -0.3 is 0 Å². The Hall–Kier alpha value is -0.920. The van der Waals surface area contributed by atoms with Gasteiger partial charge in [-0.3, -0.25) is 9.80 Å². The smallest absolute Gasteiger partial charge is 0.241 e. The summed E-state index contributed by atoms with van der Waals surface area (Å²) in [4.78, 5) is 12.5. The normalized spacial score (nSPS) is 20.7. The topological polar surface area (TPSA) is 57.7 Å². The minimum Gasteiger partial charge on any atom is -0.273 e. The maximum absolute atomic E-state index is 12.5. The molecule has 1 atom stereocenters. The molecule has 5 nitrogen and oxygen atoms in total. The summed E-state index contributed by atoms with van der Waals surface area (Å²) < 4.78 is 24.2. The van der Waals surface area contributed by atoms with Gasteiger partial charge in [0, 0.05) is 18.6 Å². The van der Waals surface area contributed by atoms with Gasteiger partial charge in [-0.05, 0) is 24.1 Å². The Kier molecular flexibility index (Phi) is 5.06. The molecule has 1 amide bonds. The number of amides is 1.